The van der Waals surface area contributed by atoms with E-state index in [1.54, 1.807) is 6.08 Å². The Kier molecular flexibility index (Phi) is 2.85. The zero-order valence-corrected chi connectivity index (χ0v) is 8.67. The van der Waals surface area contributed by atoms with E-state index >= 15 is 0 Å². The summed E-state index contributed by atoms with van der Waals surface area (Å²) in [6, 6.07) is 0. The van der Waals surface area contributed by atoms with Crippen LogP contribution in [-0.2, 0) is 0 Å². The maximum atomic E-state index is 12.4. The number of rotatable bonds is 0. The van der Waals surface area contributed by atoms with Crippen molar-refractivity contribution in [2.24, 2.45) is 0 Å². The van der Waals surface area contributed by atoms with E-state index in [1.165, 1.54) is 6.08 Å². The number of halogens is 4. The minimum atomic E-state index is -0.668. The molecule has 0 fully saturated rings. The predicted octanol–water partition coefficient (Wildman–Crippen LogP) is 3.43. The highest BCUT2D eigenvalue weighted by molar-refractivity contribution is 14.2. The van der Waals surface area contributed by atoms with Crippen LogP contribution in [0.25, 0.3) is 0 Å². The monoisotopic (exact) mass is 322 g/mol. The molecule has 1 heterocycles. The van der Waals surface area contributed by atoms with Crippen LogP contribution in [0.3, 0.4) is 0 Å². The molecule has 0 radical (unpaired) electrons. The van der Waals surface area contributed by atoms with Gasteiger partial charge in [-0.15, -0.1) is 0 Å². The van der Waals surface area contributed by atoms with Crippen LogP contribution >= 0.6 is 48.3 Å². The molecule has 0 saturated heterocycles. The van der Waals surface area contributed by atoms with E-state index in [0.717, 1.165) is 4.48 Å². The standard InChI is InChI=1S/C5H2BrClFI/c6-3-1-4(7)9-5(8)2-3/h1-2H. The van der Waals surface area contributed by atoms with Gasteiger partial charge < -0.3 is 0 Å². The van der Waals surface area contributed by atoms with Crippen LogP contribution in [0.5, 0.6) is 0 Å². The molecule has 0 saturated carbocycles. The molecule has 1 aliphatic rings. The molecular weight excluding hydrogens is 321 g/mol. The van der Waals surface area contributed by atoms with E-state index in [9.17, 15) is 4.39 Å². The lowest BCUT2D eigenvalue weighted by Gasteiger charge is -1.96. The maximum Gasteiger partial charge on any atom is 0.157 e. The molecule has 0 spiro atoms. The molecule has 0 nitrogen and oxygen atoms in total. The summed E-state index contributed by atoms with van der Waals surface area (Å²) in [4.78, 5) is 0. The first-order valence-electron chi connectivity index (χ1n) is 2.10. The van der Waals surface area contributed by atoms with Gasteiger partial charge in [0, 0.05) is 4.48 Å². The van der Waals surface area contributed by atoms with Crippen molar-refractivity contribution in [3.05, 3.63) is 20.5 Å². The number of hydrogen-bond donors (Lipinski definition) is 0. The maximum absolute atomic E-state index is 12.4. The summed E-state index contributed by atoms with van der Waals surface area (Å²) < 4.78 is 13.7. The summed E-state index contributed by atoms with van der Waals surface area (Å²) in [7, 11) is 0. The van der Waals surface area contributed by atoms with Gasteiger partial charge in [0.15, 0.2) is 3.83 Å². The summed E-state index contributed by atoms with van der Waals surface area (Å²) in [6.07, 6.45) is 3.19. The molecule has 4 heteroatoms. The fraction of sp³-hybridized carbons (Fsp3) is 0. The second-order valence-electron chi connectivity index (χ2n) is 1.35. The third kappa shape index (κ3) is 2.47. The lowest BCUT2D eigenvalue weighted by atomic mass is 10.5. The van der Waals surface area contributed by atoms with Gasteiger partial charge >= 0.3 is 0 Å². The Labute approximate surface area is 75.6 Å². The average molecular weight is 323 g/mol. The van der Waals surface area contributed by atoms with Crippen LogP contribution < -0.4 is 0 Å². The minimum absolute atomic E-state index is 0.0897. The Bertz CT molecular complexity index is 173. The summed E-state index contributed by atoms with van der Waals surface area (Å²) in [5.74, 6) is 0. The van der Waals surface area contributed by atoms with Crippen molar-refractivity contribution in [1.29, 1.82) is 0 Å². The van der Waals surface area contributed by atoms with Crippen molar-refractivity contribution in [3.8, 4) is 0 Å². The van der Waals surface area contributed by atoms with Crippen LogP contribution in [0, 0.1) is 0 Å². The van der Waals surface area contributed by atoms with Crippen molar-refractivity contribution >= 4 is 51.2 Å². The second kappa shape index (κ2) is 3.25. The summed E-state index contributed by atoms with van der Waals surface area (Å²) in [5, 5.41) is 0. The van der Waals surface area contributed by atoms with Gasteiger partial charge in [-0.2, -0.15) is 0 Å². The van der Waals surface area contributed by atoms with E-state index < -0.39 is 20.7 Å². The summed E-state index contributed by atoms with van der Waals surface area (Å²) in [5.41, 5.74) is 0. The molecule has 1 rings (SSSR count). The van der Waals surface area contributed by atoms with E-state index in [2.05, 4.69) is 15.9 Å². The van der Waals surface area contributed by atoms with Gasteiger partial charge in [-0.05, 0) is 32.9 Å². The van der Waals surface area contributed by atoms with Gasteiger partial charge in [0.2, 0.25) is 0 Å². The zero-order chi connectivity index (χ0) is 6.85. The molecule has 0 aromatic heterocycles. The number of hydrogen-bond acceptors (Lipinski definition) is 0. The van der Waals surface area contributed by atoms with Crippen molar-refractivity contribution in [2.45, 2.75) is 0 Å². The van der Waals surface area contributed by atoms with E-state index in [4.69, 9.17) is 11.6 Å². The van der Waals surface area contributed by atoms with Gasteiger partial charge in [-0.25, -0.2) is 4.39 Å². The Morgan fingerprint density at radius 3 is 2.67 bits per heavy atom. The summed E-state index contributed by atoms with van der Waals surface area (Å²) >= 11 is 8.04. The van der Waals surface area contributed by atoms with Gasteiger partial charge in [0.05, 0.1) is 2.97 Å². The lowest BCUT2D eigenvalue weighted by Crippen LogP contribution is -1.80. The van der Waals surface area contributed by atoms with Gasteiger partial charge in [0.25, 0.3) is 0 Å². The highest BCUT2D eigenvalue weighted by Gasteiger charge is 2.01. The highest BCUT2D eigenvalue weighted by atomic mass is 127. The first-order valence-corrected chi connectivity index (χ1v) is 5.43. The fourth-order valence-corrected chi connectivity index (χ4v) is 3.86. The average Bonchev–Trinajstić information content (AvgIpc) is 1.59. The van der Waals surface area contributed by atoms with Crippen LogP contribution in [0.2, 0.25) is 0 Å². The van der Waals surface area contributed by atoms with E-state index in [-0.39, 0.29) is 3.83 Å². The smallest absolute Gasteiger partial charge is 0.157 e. The zero-order valence-electron chi connectivity index (χ0n) is 4.17. The topological polar surface area (TPSA) is 0 Å². The predicted molar refractivity (Wildman–Crippen MR) is 51.1 cm³/mol. The molecule has 0 aliphatic carbocycles. The first-order chi connectivity index (χ1) is 4.18. The normalized spacial score (nSPS) is 19.2. The van der Waals surface area contributed by atoms with Crippen molar-refractivity contribution < 1.29 is 4.39 Å². The Balaban J connectivity index is 2.98. The number of allylic oxidation sites excluding steroid dienone is 3. The van der Waals surface area contributed by atoms with Crippen molar-refractivity contribution in [2.75, 3.05) is 0 Å². The van der Waals surface area contributed by atoms with Crippen LogP contribution in [0.15, 0.2) is 20.5 Å². The minimum Gasteiger partial charge on any atom is -0.200 e. The first kappa shape index (κ1) is 7.88. The second-order valence-corrected chi connectivity index (χ2v) is 6.04. The molecule has 0 amide bonds. The third-order valence-corrected chi connectivity index (χ3v) is 3.37. The van der Waals surface area contributed by atoms with E-state index in [1.807, 2.05) is 0 Å². The Hall–Kier alpha value is 0.780. The molecule has 0 aromatic carbocycles. The van der Waals surface area contributed by atoms with E-state index in [0.29, 0.717) is 2.97 Å². The van der Waals surface area contributed by atoms with Gasteiger partial charge in [-0.1, -0.05) is 27.5 Å². The quantitative estimate of drug-likeness (QED) is 0.599. The van der Waals surface area contributed by atoms with Crippen molar-refractivity contribution in [3.63, 3.8) is 0 Å². The van der Waals surface area contributed by atoms with Crippen molar-refractivity contribution in [1.82, 2.24) is 0 Å². The largest absolute Gasteiger partial charge is 0.200 e. The molecule has 0 unspecified atom stereocenters. The molecule has 0 aromatic rings. The molecular formula is C5H2BrClFI. The lowest BCUT2D eigenvalue weighted by molar-refractivity contribution is 0.711. The third-order valence-electron chi connectivity index (χ3n) is 0.675. The molecule has 0 bridgehead atoms. The molecule has 50 valence electrons. The molecule has 0 N–H and O–H groups in total. The highest BCUT2D eigenvalue weighted by Crippen LogP contribution is 2.28. The molecule has 9 heavy (non-hydrogen) atoms. The van der Waals surface area contributed by atoms with Gasteiger partial charge in [0.1, 0.15) is 0 Å². The molecule has 1 aliphatic heterocycles. The SMILES string of the molecule is FC1=CC(Br)=CC(Cl)=I1. The van der Waals surface area contributed by atoms with Crippen LogP contribution in [0.1, 0.15) is 0 Å². The molecule has 0 atom stereocenters. The van der Waals surface area contributed by atoms with Gasteiger partial charge in [-0.3, -0.25) is 0 Å². The fourth-order valence-electron chi connectivity index (χ4n) is 0.391. The summed E-state index contributed by atoms with van der Waals surface area (Å²) in [6.45, 7) is 0. The van der Waals surface area contributed by atoms with Crippen LogP contribution in [0.4, 0.5) is 4.39 Å². The Morgan fingerprint density at radius 1 is 1.56 bits per heavy atom. The van der Waals surface area contributed by atoms with Crippen LogP contribution in [-0.4, -0.2) is 2.97 Å². The Morgan fingerprint density at radius 2 is 2.22 bits per heavy atom.